The van der Waals surface area contributed by atoms with E-state index in [4.69, 9.17) is 16.7 Å². The molecule has 0 amide bonds. The Labute approximate surface area is 122 Å². The predicted molar refractivity (Wildman–Crippen MR) is 76.8 cm³/mol. The number of nitrogens with zero attached hydrogens (tertiary/aromatic N) is 1. The van der Waals surface area contributed by atoms with Gasteiger partial charge in [-0.3, -0.25) is 0 Å². The number of aromatic amines is 1. The molecule has 2 N–H and O–H groups in total. The molecule has 1 heterocycles. The molecule has 0 saturated carbocycles. The zero-order valence-corrected chi connectivity index (χ0v) is 12.4. The number of sulfonamides is 1. The minimum absolute atomic E-state index is 0.137. The average molecular weight is 315 g/mol. The molecule has 0 bridgehead atoms. The molecule has 0 spiro atoms. The molecule has 0 atom stereocenters. The summed E-state index contributed by atoms with van der Waals surface area (Å²) in [5, 5.41) is 9.57. The summed E-state index contributed by atoms with van der Waals surface area (Å²) in [7, 11) is -2.07. The minimum atomic E-state index is -3.58. The Morgan fingerprint density at radius 3 is 2.50 bits per heavy atom. The van der Waals surface area contributed by atoms with E-state index in [1.807, 2.05) is 0 Å². The normalized spacial score (nSPS) is 12.0. The van der Waals surface area contributed by atoms with Gasteiger partial charge in [0.1, 0.15) is 0 Å². The lowest BCUT2D eigenvalue weighted by atomic mass is 10.2. The van der Waals surface area contributed by atoms with Crippen molar-refractivity contribution in [2.45, 2.75) is 18.0 Å². The zero-order chi connectivity index (χ0) is 14.8. The fraction of sp³-hybridized carbons (Fsp3) is 0.231. The molecule has 0 radical (unpaired) electrons. The average Bonchev–Trinajstić information content (AvgIpc) is 2.90. The highest BCUT2D eigenvalue weighted by Gasteiger charge is 2.22. The van der Waals surface area contributed by atoms with Gasteiger partial charge in [-0.2, -0.15) is 4.31 Å². The molecule has 0 unspecified atom stereocenters. The van der Waals surface area contributed by atoms with Crippen molar-refractivity contribution in [2.24, 2.45) is 0 Å². The lowest BCUT2D eigenvalue weighted by Crippen LogP contribution is -2.26. The number of aromatic nitrogens is 1. The van der Waals surface area contributed by atoms with Crippen molar-refractivity contribution in [3.8, 4) is 0 Å². The van der Waals surface area contributed by atoms with Gasteiger partial charge in [0.2, 0.25) is 10.0 Å². The molecule has 2 aromatic rings. The van der Waals surface area contributed by atoms with E-state index in [1.54, 1.807) is 24.3 Å². The Bertz CT molecular complexity index is 680. The number of aliphatic hydroxyl groups is 1. The summed E-state index contributed by atoms with van der Waals surface area (Å²) in [4.78, 5) is 2.85. The summed E-state index contributed by atoms with van der Waals surface area (Å²) in [6.07, 6.45) is 1.37. The predicted octanol–water partition coefficient (Wildman–Crippen LogP) is 1.98. The SMILES string of the molecule is CN(Cc1ccc(Cl)cc1)S(=O)(=O)c1c[nH]c(CO)c1. The highest BCUT2D eigenvalue weighted by atomic mass is 35.5. The first kappa shape index (κ1) is 15.1. The molecule has 0 saturated heterocycles. The van der Waals surface area contributed by atoms with E-state index >= 15 is 0 Å². The highest BCUT2D eigenvalue weighted by Crippen LogP contribution is 2.18. The Balaban J connectivity index is 2.18. The molecule has 20 heavy (non-hydrogen) atoms. The van der Waals surface area contributed by atoms with Gasteiger partial charge in [0.25, 0.3) is 0 Å². The van der Waals surface area contributed by atoms with Crippen LogP contribution < -0.4 is 0 Å². The summed E-state index contributed by atoms with van der Waals surface area (Å²) >= 11 is 5.79. The molecule has 0 aliphatic rings. The lowest BCUT2D eigenvalue weighted by Gasteiger charge is -2.16. The van der Waals surface area contributed by atoms with Gasteiger partial charge in [0.05, 0.1) is 11.5 Å². The van der Waals surface area contributed by atoms with Crippen LogP contribution in [0.4, 0.5) is 0 Å². The molecule has 1 aromatic carbocycles. The Morgan fingerprint density at radius 1 is 1.30 bits per heavy atom. The number of nitrogens with one attached hydrogen (secondary N) is 1. The highest BCUT2D eigenvalue weighted by molar-refractivity contribution is 7.89. The van der Waals surface area contributed by atoms with Gasteiger partial charge in [-0.05, 0) is 23.8 Å². The van der Waals surface area contributed by atoms with E-state index in [1.165, 1.54) is 23.6 Å². The Kier molecular flexibility index (Phi) is 4.49. The molecule has 2 rings (SSSR count). The number of H-pyrrole nitrogens is 1. The number of aliphatic hydroxyl groups excluding tert-OH is 1. The smallest absolute Gasteiger partial charge is 0.244 e. The molecule has 0 aliphatic carbocycles. The van der Waals surface area contributed by atoms with Crippen molar-refractivity contribution in [3.63, 3.8) is 0 Å². The van der Waals surface area contributed by atoms with Crippen molar-refractivity contribution >= 4 is 21.6 Å². The standard InChI is InChI=1S/C13H15ClN2O3S/c1-16(8-10-2-4-11(14)5-3-10)20(18,19)13-6-12(9-17)15-7-13/h2-7,15,17H,8-9H2,1H3. The van der Waals surface area contributed by atoms with Crippen LogP contribution in [-0.2, 0) is 23.2 Å². The molecular weight excluding hydrogens is 300 g/mol. The van der Waals surface area contributed by atoms with Crippen molar-refractivity contribution in [3.05, 3.63) is 52.8 Å². The molecule has 0 fully saturated rings. The first-order chi connectivity index (χ1) is 9.43. The quantitative estimate of drug-likeness (QED) is 0.886. The summed E-state index contributed by atoms with van der Waals surface area (Å²) in [5.41, 5.74) is 1.31. The third kappa shape index (κ3) is 3.21. The van der Waals surface area contributed by atoms with Crippen LogP contribution in [0.25, 0.3) is 0 Å². The lowest BCUT2D eigenvalue weighted by molar-refractivity contribution is 0.277. The van der Waals surface area contributed by atoms with Crippen LogP contribution in [-0.4, -0.2) is 29.9 Å². The van der Waals surface area contributed by atoms with E-state index in [2.05, 4.69) is 4.98 Å². The summed E-state index contributed by atoms with van der Waals surface area (Å²) < 4.78 is 25.9. The van der Waals surface area contributed by atoms with Crippen LogP contribution in [0.5, 0.6) is 0 Å². The maximum Gasteiger partial charge on any atom is 0.244 e. The summed E-state index contributed by atoms with van der Waals surface area (Å²) in [6.45, 7) is 0.0234. The maximum absolute atomic E-state index is 12.3. The second-order valence-corrected chi connectivity index (χ2v) is 6.89. The summed E-state index contributed by atoms with van der Waals surface area (Å²) in [5.74, 6) is 0. The van der Waals surface area contributed by atoms with Crippen LogP contribution in [0.3, 0.4) is 0 Å². The first-order valence-corrected chi connectivity index (χ1v) is 7.74. The maximum atomic E-state index is 12.3. The van der Waals surface area contributed by atoms with E-state index in [9.17, 15) is 8.42 Å². The molecule has 7 heteroatoms. The summed E-state index contributed by atoms with van der Waals surface area (Å²) in [6, 6.07) is 8.43. The van der Waals surface area contributed by atoms with Gasteiger partial charge in [-0.15, -0.1) is 0 Å². The van der Waals surface area contributed by atoms with Gasteiger partial charge < -0.3 is 10.1 Å². The monoisotopic (exact) mass is 314 g/mol. The van der Waals surface area contributed by atoms with Crippen LogP contribution in [0.2, 0.25) is 5.02 Å². The minimum Gasteiger partial charge on any atom is -0.390 e. The van der Waals surface area contributed by atoms with Gasteiger partial charge in [0, 0.05) is 30.5 Å². The first-order valence-electron chi connectivity index (χ1n) is 5.92. The van der Waals surface area contributed by atoms with Gasteiger partial charge in [0.15, 0.2) is 0 Å². The van der Waals surface area contributed by atoms with Crippen LogP contribution >= 0.6 is 11.6 Å². The van der Waals surface area contributed by atoms with Gasteiger partial charge >= 0.3 is 0 Å². The number of hydrogen-bond acceptors (Lipinski definition) is 3. The molecule has 0 aliphatic heterocycles. The van der Waals surface area contributed by atoms with Gasteiger partial charge in [-0.1, -0.05) is 23.7 Å². The van der Waals surface area contributed by atoms with Crippen molar-refractivity contribution < 1.29 is 13.5 Å². The number of rotatable bonds is 5. The Morgan fingerprint density at radius 2 is 1.95 bits per heavy atom. The van der Waals surface area contributed by atoms with Crippen molar-refractivity contribution in [1.29, 1.82) is 0 Å². The van der Waals surface area contributed by atoms with E-state index in [0.29, 0.717) is 10.7 Å². The topological polar surface area (TPSA) is 73.4 Å². The molecule has 108 valence electrons. The van der Waals surface area contributed by atoms with Gasteiger partial charge in [-0.25, -0.2) is 8.42 Å². The van der Waals surface area contributed by atoms with E-state index in [0.717, 1.165) is 5.56 Å². The Hall–Kier alpha value is -1.34. The molecular formula is C13H15ClN2O3S. The third-order valence-corrected chi connectivity index (χ3v) is 4.95. The fourth-order valence-corrected chi connectivity index (χ4v) is 3.07. The van der Waals surface area contributed by atoms with E-state index in [-0.39, 0.29) is 18.0 Å². The molecule has 1 aromatic heterocycles. The van der Waals surface area contributed by atoms with Crippen LogP contribution in [0.15, 0.2) is 41.4 Å². The van der Waals surface area contributed by atoms with Crippen molar-refractivity contribution in [1.82, 2.24) is 9.29 Å². The fourth-order valence-electron chi connectivity index (χ4n) is 1.77. The van der Waals surface area contributed by atoms with Crippen molar-refractivity contribution in [2.75, 3.05) is 7.05 Å². The second-order valence-electron chi connectivity index (χ2n) is 4.41. The molecule has 5 nitrogen and oxygen atoms in total. The number of hydrogen-bond donors (Lipinski definition) is 2. The van der Waals surface area contributed by atoms with Crippen LogP contribution in [0.1, 0.15) is 11.3 Å². The third-order valence-electron chi connectivity index (χ3n) is 2.91. The number of halogens is 1. The second kappa shape index (κ2) is 5.97. The van der Waals surface area contributed by atoms with Crippen LogP contribution in [0, 0.1) is 0 Å². The largest absolute Gasteiger partial charge is 0.390 e. The van der Waals surface area contributed by atoms with E-state index < -0.39 is 10.0 Å². The zero-order valence-electron chi connectivity index (χ0n) is 10.9. The number of benzene rings is 1.